The summed E-state index contributed by atoms with van der Waals surface area (Å²) in [6.07, 6.45) is -3.58. The molecule has 0 unspecified atom stereocenters. The van der Waals surface area contributed by atoms with Gasteiger partial charge in [-0.3, -0.25) is 4.79 Å². The predicted octanol–water partition coefficient (Wildman–Crippen LogP) is 4.66. The molecule has 0 aliphatic carbocycles. The average Bonchev–Trinajstić information content (AvgIpc) is 3.08. The van der Waals surface area contributed by atoms with E-state index >= 15 is 0 Å². The van der Waals surface area contributed by atoms with Crippen LogP contribution in [0.4, 0.5) is 17.6 Å². The average molecular weight is 412 g/mol. The Bertz CT molecular complexity index is 984. The minimum absolute atomic E-state index is 0.00768. The van der Waals surface area contributed by atoms with Gasteiger partial charge in [0.05, 0.1) is 17.4 Å². The number of benzene rings is 2. The molecule has 0 atom stereocenters. The lowest BCUT2D eigenvalue weighted by atomic mass is 10.1. The van der Waals surface area contributed by atoms with Gasteiger partial charge in [0.25, 0.3) is 5.91 Å². The minimum atomic E-state index is -4.83. The maximum Gasteiger partial charge on any atom is 0.434 e. The molecule has 0 spiro atoms. The summed E-state index contributed by atoms with van der Waals surface area (Å²) in [5.41, 5.74) is -1.00. The molecule has 0 radical (unpaired) electrons. The van der Waals surface area contributed by atoms with E-state index in [0.717, 1.165) is 36.0 Å². The van der Waals surface area contributed by atoms with Gasteiger partial charge in [-0.25, -0.2) is 9.07 Å². The van der Waals surface area contributed by atoms with Gasteiger partial charge in [0.1, 0.15) is 5.82 Å². The first-order valence-corrected chi connectivity index (χ1v) is 8.57. The van der Waals surface area contributed by atoms with E-state index < -0.39 is 29.2 Å². The Morgan fingerprint density at radius 2 is 1.86 bits per heavy atom. The van der Waals surface area contributed by atoms with Crippen molar-refractivity contribution in [1.82, 2.24) is 15.1 Å². The van der Waals surface area contributed by atoms with Crippen LogP contribution in [-0.4, -0.2) is 22.2 Å². The fraction of sp³-hybridized carbons (Fsp3) is 0.158. The number of alkyl halides is 3. The minimum Gasteiger partial charge on any atom is -0.352 e. The Balaban J connectivity index is 1.81. The highest BCUT2D eigenvalue weighted by Crippen LogP contribution is 2.33. The van der Waals surface area contributed by atoms with Crippen LogP contribution in [0.3, 0.4) is 0 Å². The molecule has 1 N–H and O–H groups in total. The number of halogens is 5. The standard InChI is InChI=1S/C19H14ClF4N3O/c20-13-3-1-2-12(10-13)8-9-25-18(28)16-11-26-27(17(16)19(22,23)24)15-6-4-14(21)5-7-15/h1-7,10-11H,8-9H2,(H,25,28). The molecule has 0 aliphatic heterocycles. The molecule has 2 aromatic carbocycles. The smallest absolute Gasteiger partial charge is 0.352 e. The number of aromatic nitrogens is 2. The first-order chi connectivity index (χ1) is 13.3. The molecule has 4 nitrogen and oxygen atoms in total. The van der Waals surface area contributed by atoms with E-state index in [2.05, 4.69) is 10.4 Å². The fourth-order valence-corrected chi connectivity index (χ4v) is 2.89. The second kappa shape index (κ2) is 8.02. The zero-order valence-electron chi connectivity index (χ0n) is 14.3. The van der Waals surface area contributed by atoms with E-state index in [1.165, 1.54) is 0 Å². The van der Waals surface area contributed by atoms with E-state index in [-0.39, 0.29) is 12.2 Å². The molecule has 28 heavy (non-hydrogen) atoms. The number of carbonyl (C=O) groups excluding carboxylic acids is 1. The molecule has 0 bridgehead atoms. The van der Waals surface area contributed by atoms with Crippen LogP contribution in [0.1, 0.15) is 21.6 Å². The summed E-state index contributed by atoms with van der Waals surface area (Å²) in [7, 11) is 0. The van der Waals surface area contributed by atoms with Gasteiger partial charge in [0.2, 0.25) is 0 Å². The van der Waals surface area contributed by atoms with Gasteiger partial charge in [-0.15, -0.1) is 0 Å². The lowest BCUT2D eigenvalue weighted by molar-refractivity contribution is -0.143. The highest BCUT2D eigenvalue weighted by atomic mass is 35.5. The lowest BCUT2D eigenvalue weighted by Gasteiger charge is -2.13. The Hall–Kier alpha value is -2.87. The summed E-state index contributed by atoms with van der Waals surface area (Å²) in [6, 6.07) is 11.3. The third-order valence-corrected chi connectivity index (χ3v) is 4.18. The Morgan fingerprint density at radius 3 is 2.50 bits per heavy atom. The number of nitrogens with zero attached hydrogens (tertiary/aromatic N) is 2. The summed E-state index contributed by atoms with van der Waals surface area (Å²) >= 11 is 5.88. The van der Waals surface area contributed by atoms with E-state index in [4.69, 9.17) is 11.6 Å². The summed E-state index contributed by atoms with van der Waals surface area (Å²) in [5.74, 6) is -1.49. The van der Waals surface area contributed by atoms with Crippen LogP contribution < -0.4 is 5.32 Å². The van der Waals surface area contributed by atoms with Crippen LogP contribution in [0, 0.1) is 5.82 Å². The molecule has 3 rings (SSSR count). The SMILES string of the molecule is O=C(NCCc1cccc(Cl)c1)c1cnn(-c2ccc(F)cc2)c1C(F)(F)F. The Kier molecular flexibility index (Phi) is 5.69. The van der Waals surface area contributed by atoms with Crippen molar-refractivity contribution in [1.29, 1.82) is 0 Å². The molecular weight excluding hydrogens is 398 g/mol. The topological polar surface area (TPSA) is 46.9 Å². The van der Waals surface area contributed by atoms with Crippen LogP contribution in [0.5, 0.6) is 0 Å². The van der Waals surface area contributed by atoms with Crippen LogP contribution in [0.15, 0.2) is 54.7 Å². The van der Waals surface area contributed by atoms with Crippen LogP contribution in [0.2, 0.25) is 5.02 Å². The first kappa shape index (κ1) is 19.9. The van der Waals surface area contributed by atoms with Gasteiger partial charge < -0.3 is 5.32 Å². The third kappa shape index (κ3) is 4.51. The van der Waals surface area contributed by atoms with Crippen LogP contribution in [0.25, 0.3) is 5.69 Å². The second-order valence-corrected chi connectivity index (χ2v) is 6.37. The van der Waals surface area contributed by atoms with Gasteiger partial charge in [-0.1, -0.05) is 23.7 Å². The molecule has 146 valence electrons. The van der Waals surface area contributed by atoms with Crippen molar-refractivity contribution >= 4 is 17.5 Å². The maximum absolute atomic E-state index is 13.6. The fourth-order valence-electron chi connectivity index (χ4n) is 2.67. The molecule has 0 saturated carbocycles. The largest absolute Gasteiger partial charge is 0.434 e. The highest BCUT2D eigenvalue weighted by molar-refractivity contribution is 6.30. The molecule has 1 aromatic heterocycles. The predicted molar refractivity (Wildman–Crippen MR) is 96.0 cm³/mol. The molecule has 0 fully saturated rings. The van der Waals surface area contributed by atoms with Gasteiger partial charge in [0, 0.05) is 11.6 Å². The summed E-state index contributed by atoms with van der Waals surface area (Å²) in [4.78, 5) is 12.3. The second-order valence-electron chi connectivity index (χ2n) is 5.93. The molecule has 0 saturated heterocycles. The van der Waals surface area contributed by atoms with Crippen LogP contribution >= 0.6 is 11.6 Å². The molecule has 1 amide bonds. The molecule has 0 aliphatic rings. The number of nitrogens with one attached hydrogen (secondary N) is 1. The first-order valence-electron chi connectivity index (χ1n) is 8.19. The molecule has 3 aromatic rings. The van der Waals surface area contributed by atoms with Gasteiger partial charge in [-0.2, -0.15) is 18.3 Å². The highest BCUT2D eigenvalue weighted by Gasteiger charge is 2.40. The van der Waals surface area contributed by atoms with Crippen molar-refractivity contribution in [2.75, 3.05) is 6.54 Å². The van der Waals surface area contributed by atoms with Crippen molar-refractivity contribution in [2.45, 2.75) is 12.6 Å². The number of hydrogen-bond donors (Lipinski definition) is 1. The zero-order chi connectivity index (χ0) is 20.3. The number of hydrogen-bond acceptors (Lipinski definition) is 2. The lowest BCUT2D eigenvalue weighted by Crippen LogP contribution is -2.28. The Morgan fingerprint density at radius 1 is 1.14 bits per heavy atom. The van der Waals surface area contributed by atoms with Gasteiger partial charge in [-0.05, 0) is 48.4 Å². The normalized spacial score (nSPS) is 11.5. The van der Waals surface area contributed by atoms with Crippen molar-refractivity contribution in [3.8, 4) is 5.69 Å². The van der Waals surface area contributed by atoms with Crippen molar-refractivity contribution in [2.24, 2.45) is 0 Å². The van der Waals surface area contributed by atoms with Crippen LogP contribution in [-0.2, 0) is 12.6 Å². The van der Waals surface area contributed by atoms with E-state index in [1.54, 1.807) is 24.3 Å². The zero-order valence-corrected chi connectivity index (χ0v) is 15.1. The third-order valence-electron chi connectivity index (χ3n) is 3.94. The van der Waals surface area contributed by atoms with Gasteiger partial charge in [0.15, 0.2) is 5.69 Å². The summed E-state index contributed by atoms with van der Waals surface area (Å²) in [5, 5.41) is 6.67. The quantitative estimate of drug-likeness (QED) is 0.621. The Labute approximate surface area is 162 Å². The monoisotopic (exact) mass is 411 g/mol. The molecule has 1 heterocycles. The van der Waals surface area contributed by atoms with E-state index in [9.17, 15) is 22.4 Å². The van der Waals surface area contributed by atoms with Crippen molar-refractivity contribution < 1.29 is 22.4 Å². The number of carbonyl (C=O) groups is 1. The molecule has 9 heteroatoms. The molecular formula is C19H14ClF4N3O. The van der Waals surface area contributed by atoms with E-state index in [1.807, 2.05) is 0 Å². The summed E-state index contributed by atoms with van der Waals surface area (Å²) < 4.78 is 54.3. The van der Waals surface area contributed by atoms with Crippen molar-refractivity contribution in [3.63, 3.8) is 0 Å². The van der Waals surface area contributed by atoms with E-state index in [0.29, 0.717) is 16.1 Å². The van der Waals surface area contributed by atoms with Crippen molar-refractivity contribution in [3.05, 3.63) is 82.4 Å². The van der Waals surface area contributed by atoms with Gasteiger partial charge >= 0.3 is 6.18 Å². The maximum atomic E-state index is 13.6. The number of amides is 1. The number of rotatable bonds is 5. The summed E-state index contributed by atoms with van der Waals surface area (Å²) in [6.45, 7) is 0.123.